The van der Waals surface area contributed by atoms with Crippen molar-refractivity contribution in [2.24, 2.45) is 0 Å². The molecule has 1 N–H and O–H groups in total. The van der Waals surface area contributed by atoms with Gasteiger partial charge in [0, 0.05) is 37.2 Å². The Kier molecular flexibility index (Phi) is 4.94. The summed E-state index contributed by atoms with van der Waals surface area (Å²) in [4.78, 5) is 2.16. The van der Waals surface area contributed by atoms with Crippen molar-refractivity contribution in [3.05, 3.63) is 71.7 Å². The molecule has 0 amide bonds. The molecule has 0 fully saturated rings. The smallest absolute Gasteiger partial charge is 0.131 e. The number of aliphatic hydroxyl groups excluding tert-OH is 1. The summed E-state index contributed by atoms with van der Waals surface area (Å²) in [7, 11) is 0. The Morgan fingerprint density at radius 3 is 2.67 bits per heavy atom. The number of aromatic nitrogens is 2. The van der Waals surface area contributed by atoms with E-state index in [-0.39, 0.29) is 18.3 Å². The minimum absolute atomic E-state index is 0.00148. The summed E-state index contributed by atoms with van der Waals surface area (Å²) in [6.45, 7) is 4.61. The number of hydrogen-bond acceptors (Lipinski definition) is 3. The summed E-state index contributed by atoms with van der Waals surface area (Å²) in [6, 6.07) is 17.1. The lowest BCUT2D eigenvalue weighted by Crippen LogP contribution is -2.34. The highest BCUT2D eigenvalue weighted by Crippen LogP contribution is 2.31. The van der Waals surface area contributed by atoms with Crippen molar-refractivity contribution < 1.29 is 9.50 Å². The number of β-amino-alcohol motifs (C(OH)–C–C–N with tert-alkyl or cyclic N) is 1. The largest absolute Gasteiger partial charge is 0.395 e. The van der Waals surface area contributed by atoms with Crippen molar-refractivity contribution in [1.82, 2.24) is 9.78 Å². The molecule has 1 unspecified atom stereocenters. The fraction of sp³-hybridized carbons (Fsp3) is 0.318. The van der Waals surface area contributed by atoms with Gasteiger partial charge >= 0.3 is 0 Å². The van der Waals surface area contributed by atoms with Crippen LogP contribution in [-0.2, 0) is 6.54 Å². The van der Waals surface area contributed by atoms with Crippen LogP contribution in [0.2, 0.25) is 0 Å². The average molecular weight is 365 g/mol. The second-order valence-corrected chi connectivity index (χ2v) is 7.04. The first kappa shape index (κ1) is 17.7. The zero-order chi connectivity index (χ0) is 18.8. The van der Waals surface area contributed by atoms with Gasteiger partial charge in [0.2, 0.25) is 0 Å². The number of halogens is 1. The van der Waals surface area contributed by atoms with E-state index in [1.807, 2.05) is 47.1 Å². The number of aryl methyl sites for hydroxylation is 1. The Bertz CT molecular complexity index is 923. The molecule has 3 aromatic rings. The maximum absolute atomic E-state index is 14.7. The van der Waals surface area contributed by atoms with Crippen LogP contribution in [0.25, 0.3) is 11.1 Å². The van der Waals surface area contributed by atoms with Crippen molar-refractivity contribution in [1.29, 1.82) is 0 Å². The summed E-state index contributed by atoms with van der Waals surface area (Å²) in [5.41, 5.74) is 3.34. The SMILES string of the molecule is CC(c1ccc(-c2ccccc2)c(F)c1)c1cc2n(n1)CCCN2CCO. The standard InChI is InChI=1S/C22H24FN3O/c1-16(21-15-22-25(12-13-27)10-5-11-26(22)24-21)18-8-9-19(20(23)14-18)17-6-3-2-4-7-17/h2-4,6-9,14-16,27H,5,10-13H2,1H3. The molecule has 4 nitrogen and oxygen atoms in total. The number of benzene rings is 2. The highest BCUT2D eigenvalue weighted by Gasteiger charge is 2.22. The minimum atomic E-state index is -0.212. The molecule has 0 saturated heterocycles. The zero-order valence-corrected chi connectivity index (χ0v) is 15.5. The van der Waals surface area contributed by atoms with E-state index in [2.05, 4.69) is 17.9 Å². The molecule has 1 aliphatic heterocycles. The lowest BCUT2D eigenvalue weighted by Gasteiger charge is -2.28. The molecule has 0 aliphatic carbocycles. The monoisotopic (exact) mass is 365 g/mol. The molecule has 1 atom stereocenters. The number of nitrogens with zero attached hydrogens (tertiary/aromatic N) is 3. The van der Waals surface area contributed by atoms with E-state index in [1.54, 1.807) is 6.07 Å². The summed E-state index contributed by atoms with van der Waals surface area (Å²) in [6.07, 6.45) is 1.02. The lowest BCUT2D eigenvalue weighted by atomic mass is 9.95. The summed E-state index contributed by atoms with van der Waals surface area (Å²) < 4.78 is 16.7. The van der Waals surface area contributed by atoms with Crippen LogP contribution in [0, 0.1) is 5.82 Å². The Morgan fingerprint density at radius 2 is 1.93 bits per heavy atom. The Morgan fingerprint density at radius 1 is 1.11 bits per heavy atom. The van der Waals surface area contributed by atoms with Gasteiger partial charge in [-0.3, -0.25) is 0 Å². The molecule has 1 aromatic heterocycles. The molecule has 1 aliphatic rings. The highest BCUT2D eigenvalue weighted by molar-refractivity contribution is 5.64. The second kappa shape index (κ2) is 7.53. The molecule has 2 aromatic carbocycles. The molecule has 0 radical (unpaired) electrons. The highest BCUT2D eigenvalue weighted by atomic mass is 19.1. The first-order valence-electron chi connectivity index (χ1n) is 9.46. The molecule has 0 saturated carbocycles. The Hall–Kier alpha value is -2.66. The van der Waals surface area contributed by atoms with E-state index in [1.165, 1.54) is 0 Å². The quantitative estimate of drug-likeness (QED) is 0.742. The van der Waals surface area contributed by atoms with Gasteiger partial charge in [0.25, 0.3) is 0 Å². The third kappa shape index (κ3) is 3.47. The topological polar surface area (TPSA) is 41.3 Å². The molecule has 2 heterocycles. The van der Waals surface area contributed by atoms with Gasteiger partial charge < -0.3 is 10.0 Å². The zero-order valence-electron chi connectivity index (χ0n) is 15.5. The fourth-order valence-corrected chi connectivity index (χ4v) is 3.75. The summed E-state index contributed by atoms with van der Waals surface area (Å²) in [5.74, 6) is 0.827. The number of aliphatic hydroxyl groups is 1. The van der Waals surface area contributed by atoms with Gasteiger partial charge in [-0.2, -0.15) is 5.10 Å². The number of anilines is 1. The summed E-state index contributed by atoms with van der Waals surface area (Å²) in [5, 5.41) is 14.0. The van der Waals surface area contributed by atoms with Gasteiger partial charge in [0.1, 0.15) is 11.6 Å². The van der Waals surface area contributed by atoms with Crippen molar-refractivity contribution in [3.63, 3.8) is 0 Å². The molecular weight excluding hydrogens is 341 g/mol. The van der Waals surface area contributed by atoms with Crippen molar-refractivity contribution >= 4 is 5.82 Å². The van der Waals surface area contributed by atoms with E-state index >= 15 is 0 Å². The predicted molar refractivity (Wildman–Crippen MR) is 105 cm³/mol. The van der Waals surface area contributed by atoms with Crippen LogP contribution >= 0.6 is 0 Å². The average Bonchev–Trinajstić information content (AvgIpc) is 3.13. The van der Waals surface area contributed by atoms with Crippen molar-refractivity contribution in [3.8, 4) is 11.1 Å². The molecule has 5 heteroatoms. The first-order chi connectivity index (χ1) is 13.2. The third-order valence-electron chi connectivity index (χ3n) is 5.29. The van der Waals surface area contributed by atoms with Gasteiger partial charge in [0.15, 0.2) is 0 Å². The van der Waals surface area contributed by atoms with Gasteiger partial charge in [-0.25, -0.2) is 9.07 Å². The normalized spacial score (nSPS) is 14.9. The van der Waals surface area contributed by atoms with E-state index in [4.69, 9.17) is 5.10 Å². The second-order valence-electron chi connectivity index (χ2n) is 7.04. The van der Waals surface area contributed by atoms with Crippen LogP contribution in [-0.4, -0.2) is 34.6 Å². The first-order valence-corrected chi connectivity index (χ1v) is 9.46. The number of fused-ring (bicyclic) bond motifs is 1. The van der Waals surface area contributed by atoms with E-state index in [9.17, 15) is 9.50 Å². The van der Waals surface area contributed by atoms with Crippen molar-refractivity contribution in [2.75, 3.05) is 24.6 Å². The molecule has 27 heavy (non-hydrogen) atoms. The van der Waals surface area contributed by atoms with E-state index in [0.717, 1.165) is 42.1 Å². The molecule has 4 rings (SSSR count). The van der Waals surface area contributed by atoms with Crippen LogP contribution in [0.5, 0.6) is 0 Å². The van der Waals surface area contributed by atoms with Gasteiger partial charge in [0.05, 0.1) is 12.3 Å². The minimum Gasteiger partial charge on any atom is -0.395 e. The molecule has 0 bridgehead atoms. The lowest BCUT2D eigenvalue weighted by molar-refractivity contribution is 0.298. The number of rotatable bonds is 5. The predicted octanol–water partition coefficient (Wildman–Crippen LogP) is 4.04. The molecule has 0 spiro atoms. The van der Waals surface area contributed by atoms with Crippen LogP contribution in [0.4, 0.5) is 10.2 Å². The van der Waals surface area contributed by atoms with Crippen molar-refractivity contribution in [2.45, 2.75) is 25.8 Å². The van der Waals surface area contributed by atoms with Crippen LogP contribution in [0.1, 0.15) is 30.5 Å². The van der Waals surface area contributed by atoms with Crippen LogP contribution in [0.15, 0.2) is 54.6 Å². The maximum atomic E-state index is 14.7. The Balaban J connectivity index is 1.62. The van der Waals surface area contributed by atoms with E-state index < -0.39 is 0 Å². The molecule has 140 valence electrons. The Labute approximate surface area is 158 Å². The fourth-order valence-electron chi connectivity index (χ4n) is 3.75. The summed E-state index contributed by atoms with van der Waals surface area (Å²) >= 11 is 0. The van der Waals surface area contributed by atoms with Gasteiger partial charge in [-0.15, -0.1) is 0 Å². The van der Waals surface area contributed by atoms with Crippen LogP contribution < -0.4 is 4.90 Å². The molecular formula is C22H24FN3O. The third-order valence-corrected chi connectivity index (χ3v) is 5.29. The van der Waals surface area contributed by atoms with Gasteiger partial charge in [-0.1, -0.05) is 49.4 Å². The van der Waals surface area contributed by atoms with Gasteiger partial charge in [-0.05, 0) is 23.6 Å². The van der Waals surface area contributed by atoms with Crippen LogP contribution in [0.3, 0.4) is 0 Å². The van der Waals surface area contributed by atoms with E-state index in [0.29, 0.717) is 12.1 Å². The number of hydrogen-bond donors (Lipinski definition) is 1. The maximum Gasteiger partial charge on any atom is 0.131 e.